The minimum Gasteiger partial charge on any atom is -0.490 e. The Bertz CT molecular complexity index is 521. The maximum atomic E-state index is 13.2. The Labute approximate surface area is 140 Å². The molecule has 2 fully saturated rings. The first kappa shape index (κ1) is 17.9. The van der Waals surface area contributed by atoms with Gasteiger partial charge >= 0.3 is 0 Å². The predicted molar refractivity (Wildman–Crippen MR) is 85.2 cm³/mol. The second-order valence-corrected chi connectivity index (χ2v) is 5.89. The molecule has 2 aliphatic heterocycles. The number of ether oxygens (including phenoxy) is 1. The number of hydrogen-bond acceptors (Lipinski definition) is 3. The maximum Gasteiger partial charge on any atom is 0.239 e. The molecule has 0 saturated carbocycles. The largest absolute Gasteiger partial charge is 0.490 e. The highest BCUT2D eigenvalue weighted by Crippen LogP contribution is 2.21. The Balaban J connectivity index is 0.00000192. The summed E-state index contributed by atoms with van der Waals surface area (Å²) in [5, 5.41) is 2.93. The summed E-state index contributed by atoms with van der Waals surface area (Å²) in [6, 6.07) is 5.57. The SMILES string of the molecule is Cl.O=C([C@H]1C[C@H](F)CN1)N1CCC(Oc2ccc(F)cc2)CC1. The number of nitrogens with zero attached hydrogens (tertiary/aromatic N) is 1. The number of piperidine rings is 1. The van der Waals surface area contributed by atoms with E-state index in [1.807, 2.05) is 0 Å². The zero-order valence-corrected chi connectivity index (χ0v) is 13.5. The van der Waals surface area contributed by atoms with Crippen molar-refractivity contribution in [2.75, 3.05) is 19.6 Å². The number of nitrogens with one attached hydrogen (secondary N) is 1. The van der Waals surface area contributed by atoms with Gasteiger partial charge in [-0.15, -0.1) is 12.4 Å². The molecule has 2 atom stereocenters. The van der Waals surface area contributed by atoms with Crippen molar-refractivity contribution in [1.82, 2.24) is 10.2 Å². The highest BCUT2D eigenvalue weighted by atomic mass is 35.5. The molecule has 128 valence electrons. The lowest BCUT2D eigenvalue weighted by Gasteiger charge is -2.33. The number of alkyl halides is 1. The maximum absolute atomic E-state index is 13.2. The molecule has 0 aromatic heterocycles. The molecule has 3 rings (SSSR count). The van der Waals surface area contributed by atoms with Crippen LogP contribution in [-0.2, 0) is 4.79 Å². The van der Waals surface area contributed by atoms with Crippen LogP contribution in [0.15, 0.2) is 24.3 Å². The van der Waals surface area contributed by atoms with Crippen molar-refractivity contribution in [2.45, 2.75) is 37.6 Å². The van der Waals surface area contributed by atoms with Gasteiger partial charge in [0.1, 0.15) is 23.8 Å². The fourth-order valence-corrected chi connectivity index (χ4v) is 3.00. The van der Waals surface area contributed by atoms with Crippen LogP contribution >= 0.6 is 12.4 Å². The summed E-state index contributed by atoms with van der Waals surface area (Å²) in [7, 11) is 0. The van der Waals surface area contributed by atoms with Gasteiger partial charge in [0.2, 0.25) is 5.91 Å². The van der Waals surface area contributed by atoms with Crippen molar-refractivity contribution >= 4 is 18.3 Å². The zero-order valence-electron chi connectivity index (χ0n) is 12.7. The van der Waals surface area contributed by atoms with Crippen molar-refractivity contribution in [2.24, 2.45) is 0 Å². The van der Waals surface area contributed by atoms with Gasteiger partial charge in [-0.2, -0.15) is 0 Å². The molecule has 0 spiro atoms. The normalized spacial score (nSPS) is 25.0. The summed E-state index contributed by atoms with van der Waals surface area (Å²) in [4.78, 5) is 14.0. The van der Waals surface area contributed by atoms with Crippen LogP contribution in [0.4, 0.5) is 8.78 Å². The quantitative estimate of drug-likeness (QED) is 0.913. The van der Waals surface area contributed by atoms with Crippen molar-refractivity contribution in [3.05, 3.63) is 30.1 Å². The van der Waals surface area contributed by atoms with Crippen molar-refractivity contribution in [3.8, 4) is 5.75 Å². The van der Waals surface area contributed by atoms with E-state index in [0.29, 0.717) is 18.8 Å². The molecule has 0 radical (unpaired) electrons. The van der Waals surface area contributed by atoms with Gasteiger partial charge in [-0.3, -0.25) is 4.79 Å². The van der Waals surface area contributed by atoms with Gasteiger partial charge in [0.05, 0.1) is 6.04 Å². The fourth-order valence-electron chi connectivity index (χ4n) is 3.00. The van der Waals surface area contributed by atoms with Crippen molar-refractivity contribution in [1.29, 1.82) is 0 Å². The third-order valence-electron chi connectivity index (χ3n) is 4.25. The van der Waals surface area contributed by atoms with Crippen LogP contribution in [0.25, 0.3) is 0 Å². The number of likely N-dealkylation sites (tertiary alicyclic amines) is 1. The van der Waals surface area contributed by atoms with Crippen LogP contribution in [-0.4, -0.2) is 48.8 Å². The van der Waals surface area contributed by atoms with E-state index in [9.17, 15) is 13.6 Å². The number of benzene rings is 1. The summed E-state index contributed by atoms with van der Waals surface area (Å²) in [6.45, 7) is 1.49. The lowest BCUT2D eigenvalue weighted by atomic mass is 10.1. The third kappa shape index (κ3) is 4.54. The van der Waals surface area contributed by atoms with Crippen molar-refractivity contribution in [3.63, 3.8) is 0 Å². The predicted octanol–water partition coefficient (Wildman–Crippen LogP) is 2.32. The highest BCUT2D eigenvalue weighted by Gasteiger charge is 2.34. The molecule has 7 heteroatoms. The lowest BCUT2D eigenvalue weighted by Crippen LogP contribution is -2.48. The van der Waals surface area contributed by atoms with E-state index in [-0.39, 0.29) is 49.2 Å². The molecule has 0 aliphatic carbocycles. The van der Waals surface area contributed by atoms with Gasteiger partial charge in [0, 0.05) is 38.9 Å². The summed E-state index contributed by atoms with van der Waals surface area (Å²) in [5.74, 6) is 0.340. The second-order valence-electron chi connectivity index (χ2n) is 5.89. The second kappa shape index (κ2) is 7.93. The van der Waals surface area contributed by atoms with E-state index in [0.717, 1.165) is 12.8 Å². The van der Waals surface area contributed by atoms with E-state index in [2.05, 4.69) is 5.32 Å². The first-order valence-electron chi connectivity index (χ1n) is 7.70. The Kier molecular flexibility index (Phi) is 6.18. The minimum absolute atomic E-state index is 0. The van der Waals surface area contributed by atoms with Crippen LogP contribution in [0.2, 0.25) is 0 Å². The Hall–Kier alpha value is -1.40. The van der Waals surface area contributed by atoms with E-state index in [4.69, 9.17) is 4.74 Å². The van der Waals surface area contributed by atoms with Gasteiger partial charge < -0.3 is 15.0 Å². The molecular formula is C16H21ClF2N2O2. The van der Waals surface area contributed by atoms with Gasteiger partial charge in [0.15, 0.2) is 0 Å². The van der Waals surface area contributed by atoms with E-state index in [1.165, 1.54) is 12.1 Å². The van der Waals surface area contributed by atoms with E-state index in [1.54, 1.807) is 17.0 Å². The van der Waals surface area contributed by atoms with Crippen LogP contribution in [0.1, 0.15) is 19.3 Å². The molecule has 2 heterocycles. The van der Waals surface area contributed by atoms with Crippen LogP contribution in [0.3, 0.4) is 0 Å². The summed E-state index contributed by atoms with van der Waals surface area (Å²) >= 11 is 0. The minimum atomic E-state index is -0.923. The molecular weight excluding hydrogens is 326 g/mol. The first-order chi connectivity index (χ1) is 10.6. The van der Waals surface area contributed by atoms with E-state index >= 15 is 0 Å². The molecule has 1 aromatic rings. The standard InChI is InChI=1S/C16H20F2N2O2.ClH/c17-11-1-3-13(4-2-11)22-14-5-7-20(8-6-14)16(21)15-9-12(18)10-19-15;/h1-4,12,14-15,19H,5-10H2;1H/t12-,15+;/m0./s1. The third-order valence-corrected chi connectivity index (χ3v) is 4.25. The summed E-state index contributed by atoms with van der Waals surface area (Å²) in [5.41, 5.74) is 0. The van der Waals surface area contributed by atoms with Gasteiger partial charge in [0.25, 0.3) is 0 Å². The van der Waals surface area contributed by atoms with Crippen molar-refractivity contribution < 1.29 is 18.3 Å². The molecule has 2 aliphatic rings. The average molecular weight is 347 g/mol. The topological polar surface area (TPSA) is 41.6 Å². The summed E-state index contributed by atoms with van der Waals surface area (Å²) in [6.07, 6.45) is 0.836. The monoisotopic (exact) mass is 346 g/mol. The molecule has 1 N–H and O–H groups in total. The number of carbonyl (C=O) groups is 1. The molecule has 2 saturated heterocycles. The molecule has 1 amide bonds. The summed E-state index contributed by atoms with van der Waals surface area (Å²) < 4.78 is 31.8. The van der Waals surface area contributed by atoms with Crippen LogP contribution in [0, 0.1) is 5.82 Å². The van der Waals surface area contributed by atoms with Gasteiger partial charge in [-0.05, 0) is 24.3 Å². The number of hydrogen-bond donors (Lipinski definition) is 1. The fraction of sp³-hybridized carbons (Fsp3) is 0.562. The highest BCUT2D eigenvalue weighted by molar-refractivity contribution is 5.85. The molecule has 23 heavy (non-hydrogen) atoms. The van der Waals surface area contributed by atoms with Crippen LogP contribution < -0.4 is 10.1 Å². The Morgan fingerprint density at radius 3 is 2.43 bits per heavy atom. The number of amides is 1. The van der Waals surface area contributed by atoms with Crippen LogP contribution in [0.5, 0.6) is 5.75 Å². The zero-order chi connectivity index (χ0) is 15.5. The number of carbonyl (C=O) groups excluding carboxylic acids is 1. The molecule has 4 nitrogen and oxygen atoms in total. The van der Waals surface area contributed by atoms with Gasteiger partial charge in [-0.1, -0.05) is 0 Å². The number of halogens is 3. The van der Waals surface area contributed by atoms with Gasteiger partial charge in [-0.25, -0.2) is 8.78 Å². The first-order valence-corrected chi connectivity index (χ1v) is 7.70. The smallest absolute Gasteiger partial charge is 0.239 e. The lowest BCUT2D eigenvalue weighted by molar-refractivity contribution is -0.135. The Morgan fingerprint density at radius 2 is 1.87 bits per heavy atom. The number of rotatable bonds is 3. The molecule has 0 unspecified atom stereocenters. The molecule has 0 bridgehead atoms. The Morgan fingerprint density at radius 1 is 1.22 bits per heavy atom. The average Bonchev–Trinajstić information content (AvgIpc) is 2.96. The molecule has 1 aromatic carbocycles. The van der Waals surface area contributed by atoms with E-state index < -0.39 is 6.17 Å².